The Morgan fingerprint density at radius 3 is 2.89 bits per heavy atom. The molecule has 4 aromatic rings. The third-order valence-corrected chi connectivity index (χ3v) is 5.16. The molecule has 0 radical (unpaired) electrons. The van der Waals surface area contributed by atoms with Crippen molar-refractivity contribution in [1.29, 1.82) is 0 Å². The predicted octanol–water partition coefficient (Wildman–Crippen LogP) is 1.43. The molecule has 0 bridgehead atoms. The smallest absolute Gasteiger partial charge is 0.266 e. The summed E-state index contributed by atoms with van der Waals surface area (Å²) in [5.41, 5.74) is 3.69. The van der Waals surface area contributed by atoms with E-state index in [1.807, 2.05) is 6.07 Å². The topological polar surface area (TPSA) is 94.9 Å². The summed E-state index contributed by atoms with van der Waals surface area (Å²) in [6.07, 6.45) is 2.44. The minimum absolute atomic E-state index is 0.165. The Hall–Kier alpha value is -3.49. The van der Waals surface area contributed by atoms with Crippen molar-refractivity contribution in [2.45, 2.75) is 26.4 Å². The molecule has 142 valence electrons. The SMILES string of the molecule is Cc1nn(C)c2ncn(Cc3nc(N4CCc5ccccc5C4)no3)c(=O)c12. The first-order chi connectivity index (χ1) is 13.6. The molecule has 4 heterocycles. The van der Waals surface area contributed by atoms with E-state index < -0.39 is 0 Å². The highest BCUT2D eigenvalue weighted by molar-refractivity contribution is 5.76. The van der Waals surface area contributed by atoms with Gasteiger partial charge < -0.3 is 9.42 Å². The first-order valence-corrected chi connectivity index (χ1v) is 9.13. The van der Waals surface area contributed by atoms with Gasteiger partial charge in [0.1, 0.15) is 18.3 Å². The quantitative estimate of drug-likeness (QED) is 0.533. The predicted molar refractivity (Wildman–Crippen MR) is 102 cm³/mol. The zero-order chi connectivity index (χ0) is 19.3. The highest BCUT2D eigenvalue weighted by Crippen LogP contribution is 2.22. The second-order valence-corrected chi connectivity index (χ2v) is 7.01. The van der Waals surface area contributed by atoms with Crippen LogP contribution in [0.5, 0.6) is 0 Å². The maximum Gasteiger partial charge on any atom is 0.266 e. The van der Waals surface area contributed by atoms with Crippen LogP contribution in [-0.4, -0.2) is 36.0 Å². The van der Waals surface area contributed by atoms with E-state index >= 15 is 0 Å². The molecule has 5 rings (SSSR count). The molecule has 1 aliphatic heterocycles. The van der Waals surface area contributed by atoms with Crippen molar-refractivity contribution in [3.05, 3.63) is 63.7 Å². The molecule has 0 fully saturated rings. The summed E-state index contributed by atoms with van der Waals surface area (Å²) in [6.45, 7) is 3.55. The van der Waals surface area contributed by atoms with Crippen molar-refractivity contribution in [1.82, 2.24) is 29.5 Å². The molecule has 0 atom stereocenters. The molecule has 28 heavy (non-hydrogen) atoms. The van der Waals surface area contributed by atoms with Gasteiger partial charge in [-0.25, -0.2) is 9.67 Å². The first kappa shape index (κ1) is 16.7. The van der Waals surface area contributed by atoms with Crippen LogP contribution in [0.3, 0.4) is 0 Å². The fourth-order valence-electron chi connectivity index (χ4n) is 3.73. The molecule has 0 saturated carbocycles. The number of aryl methyl sites for hydroxylation is 2. The van der Waals surface area contributed by atoms with Crippen LogP contribution >= 0.6 is 0 Å². The summed E-state index contributed by atoms with van der Waals surface area (Å²) >= 11 is 0. The van der Waals surface area contributed by atoms with E-state index in [0.29, 0.717) is 28.6 Å². The number of anilines is 1. The third kappa shape index (κ3) is 2.67. The Morgan fingerprint density at radius 1 is 1.21 bits per heavy atom. The molecular weight excluding hydrogens is 358 g/mol. The van der Waals surface area contributed by atoms with Gasteiger partial charge in [0.05, 0.1) is 5.69 Å². The molecule has 0 amide bonds. The van der Waals surface area contributed by atoms with Gasteiger partial charge in [-0.3, -0.25) is 9.36 Å². The van der Waals surface area contributed by atoms with Crippen molar-refractivity contribution in [2.24, 2.45) is 7.05 Å². The number of rotatable bonds is 3. The summed E-state index contributed by atoms with van der Waals surface area (Å²) in [6, 6.07) is 8.39. The fourth-order valence-corrected chi connectivity index (χ4v) is 3.73. The van der Waals surface area contributed by atoms with Crippen LogP contribution in [-0.2, 0) is 26.6 Å². The zero-order valence-electron chi connectivity index (χ0n) is 15.7. The standard InChI is InChI=1S/C19H19N7O2/c1-12-16-17(24(2)22-12)20-11-26(18(16)27)10-15-21-19(23-28-15)25-8-7-13-5-3-4-6-14(13)9-25/h3-6,11H,7-10H2,1-2H3. The average molecular weight is 377 g/mol. The lowest BCUT2D eigenvalue weighted by Crippen LogP contribution is -2.31. The molecule has 1 aliphatic rings. The van der Waals surface area contributed by atoms with Crippen molar-refractivity contribution in [3.8, 4) is 0 Å². The third-order valence-electron chi connectivity index (χ3n) is 5.16. The summed E-state index contributed by atoms with van der Waals surface area (Å²) in [4.78, 5) is 23.7. The van der Waals surface area contributed by atoms with Crippen molar-refractivity contribution < 1.29 is 4.52 Å². The van der Waals surface area contributed by atoms with Crippen LogP contribution in [0.15, 0.2) is 39.9 Å². The largest absolute Gasteiger partial charge is 0.335 e. The van der Waals surface area contributed by atoms with Crippen LogP contribution in [0.25, 0.3) is 11.0 Å². The number of fused-ring (bicyclic) bond motifs is 2. The summed E-state index contributed by atoms with van der Waals surface area (Å²) in [7, 11) is 1.77. The normalized spacial score (nSPS) is 13.9. The molecule has 9 heteroatoms. The van der Waals surface area contributed by atoms with Gasteiger partial charge in [-0.15, -0.1) is 0 Å². The molecule has 1 aromatic carbocycles. The van der Waals surface area contributed by atoms with Gasteiger partial charge in [-0.1, -0.05) is 24.3 Å². The molecule has 0 spiro atoms. The average Bonchev–Trinajstić information content (AvgIpc) is 3.28. The highest BCUT2D eigenvalue weighted by atomic mass is 16.5. The van der Waals surface area contributed by atoms with Crippen LogP contribution in [0, 0.1) is 6.92 Å². The van der Waals surface area contributed by atoms with Crippen molar-refractivity contribution in [2.75, 3.05) is 11.4 Å². The molecule has 0 N–H and O–H groups in total. The van der Waals surface area contributed by atoms with Crippen molar-refractivity contribution in [3.63, 3.8) is 0 Å². The Morgan fingerprint density at radius 2 is 2.04 bits per heavy atom. The fraction of sp³-hybridized carbons (Fsp3) is 0.316. The van der Waals surface area contributed by atoms with Gasteiger partial charge >= 0.3 is 0 Å². The van der Waals surface area contributed by atoms with E-state index in [-0.39, 0.29) is 12.1 Å². The zero-order valence-corrected chi connectivity index (χ0v) is 15.7. The molecule has 0 unspecified atom stereocenters. The Labute approximate surface area is 160 Å². The second-order valence-electron chi connectivity index (χ2n) is 7.01. The van der Waals surface area contributed by atoms with Crippen molar-refractivity contribution >= 4 is 17.0 Å². The van der Waals surface area contributed by atoms with Gasteiger partial charge in [-0.05, 0) is 29.6 Å². The van der Waals surface area contributed by atoms with Gasteiger partial charge in [0.15, 0.2) is 5.65 Å². The minimum atomic E-state index is -0.165. The lowest BCUT2D eigenvalue weighted by Gasteiger charge is -2.27. The van der Waals surface area contributed by atoms with E-state index in [9.17, 15) is 4.79 Å². The summed E-state index contributed by atoms with van der Waals surface area (Å²) in [5.74, 6) is 0.919. The van der Waals surface area contributed by atoms with Crippen LogP contribution in [0.2, 0.25) is 0 Å². The molecule has 9 nitrogen and oxygen atoms in total. The Bertz CT molecular complexity index is 1240. The lowest BCUT2D eigenvalue weighted by molar-refractivity contribution is 0.368. The van der Waals surface area contributed by atoms with Gasteiger partial charge in [-0.2, -0.15) is 10.1 Å². The number of hydrogen-bond donors (Lipinski definition) is 0. The molecule has 0 aliphatic carbocycles. The highest BCUT2D eigenvalue weighted by Gasteiger charge is 2.21. The lowest BCUT2D eigenvalue weighted by atomic mass is 10.0. The molecule has 3 aromatic heterocycles. The number of nitrogens with zero attached hydrogens (tertiary/aromatic N) is 7. The Kier molecular flexibility index (Phi) is 3.75. The second kappa shape index (κ2) is 6.29. The number of hydrogen-bond acceptors (Lipinski definition) is 7. The Balaban J connectivity index is 1.41. The van der Waals surface area contributed by atoms with E-state index in [1.165, 1.54) is 22.0 Å². The van der Waals surface area contributed by atoms with Gasteiger partial charge in [0, 0.05) is 20.1 Å². The van der Waals surface area contributed by atoms with Crippen LogP contribution in [0.1, 0.15) is 22.7 Å². The first-order valence-electron chi connectivity index (χ1n) is 9.13. The van der Waals surface area contributed by atoms with Gasteiger partial charge in [0.2, 0.25) is 5.89 Å². The summed E-state index contributed by atoms with van der Waals surface area (Å²) in [5, 5.41) is 8.89. The molecule has 0 saturated heterocycles. The van der Waals surface area contributed by atoms with Crippen LogP contribution < -0.4 is 10.5 Å². The van der Waals surface area contributed by atoms with E-state index in [2.05, 4.69) is 43.3 Å². The van der Waals surface area contributed by atoms with E-state index in [1.54, 1.807) is 18.7 Å². The number of benzene rings is 1. The van der Waals surface area contributed by atoms with Gasteiger partial charge in [0.25, 0.3) is 11.5 Å². The van der Waals surface area contributed by atoms with E-state index in [0.717, 1.165) is 19.5 Å². The van der Waals surface area contributed by atoms with E-state index in [4.69, 9.17) is 4.52 Å². The monoisotopic (exact) mass is 377 g/mol. The summed E-state index contributed by atoms with van der Waals surface area (Å²) < 4.78 is 8.48. The molecular formula is C19H19N7O2. The number of aromatic nitrogens is 6. The minimum Gasteiger partial charge on any atom is -0.335 e. The van der Waals surface area contributed by atoms with Crippen LogP contribution in [0.4, 0.5) is 5.95 Å². The maximum absolute atomic E-state index is 12.8. The maximum atomic E-state index is 12.8.